The minimum absolute atomic E-state index is 0.0168. The lowest BCUT2D eigenvalue weighted by Crippen LogP contribution is -2.25. The van der Waals surface area contributed by atoms with Crippen molar-refractivity contribution in [3.63, 3.8) is 0 Å². The first kappa shape index (κ1) is 24.7. The number of benzene rings is 1. The molecule has 3 heterocycles. The highest BCUT2D eigenvalue weighted by Crippen LogP contribution is 2.36. The zero-order valence-electron chi connectivity index (χ0n) is 18.3. The fourth-order valence-corrected chi connectivity index (χ4v) is 4.00. The predicted octanol–water partition coefficient (Wildman–Crippen LogP) is 5.81. The van der Waals surface area contributed by atoms with Gasteiger partial charge < -0.3 is 24.2 Å². The molecule has 0 unspecified atom stereocenters. The normalized spacial score (nSPS) is 10.9. The standard InChI is InChI=1S/C23H19Cl3N4O5/c1-2-30-11-18(20(29-30)23(32)27-10-14-4-3-7-33-14)28-22(31)19-6-5-15(35-19)12-34-21-16(25)8-13(24)9-17(21)26/h3-9,11H,2,10,12H2,1H3,(H,27,32)(H,28,31). The van der Waals surface area contributed by atoms with Crippen molar-refractivity contribution >= 4 is 52.3 Å². The fourth-order valence-electron chi connectivity index (χ4n) is 3.08. The molecule has 0 fully saturated rings. The zero-order valence-corrected chi connectivity index (χ0v) is 20.6. The molecule has 0 aliphatic carbocycles. The molecule has 0 aliphatic rings. The van der Waals surface area contributed by atoms with E-state index in [4.69, 9.17) is 48.4 Å². The van der Waals surface area contributed by atoms with Gasteiger partial charge in [-0.25, -0.2) is 0 Å². The number of nitrogens with one attached hydrogen (secondary N) is 2. The number of ether oxygens (including phenoxy) is 1. The summed E-state index contributed by atoms with van der Waals surface area (Å²) in [7, 11) is 0. The van der Waals surface area contributed by atoms with Crippen LogP contribution in [-0.2, 0) is 19.7 Å². The third-order valence-electron chi connectivity index (χ3n) is 4.76. The molecule has 0 saturated heterocycles. The highest BCUT2D eigenvalue weighted by molar-refractivity contribution is 6.40. The molecule has 0 atom stereocenters. The first-order chi connectivity index (χ1) is 16.8. The smallest absolute Gasteiger partial charge is 0.291 e. The Morgan fingerprint density at radius 1 is 1.09 bits per heavy atom. The summed E-state index contributed by atoms with van der Waals surface area (Å²) in [5.41, 5.74) is 0.302. The average Bonchev–Trinajstić information content (AvgIpc) is 3.57. The van der Waals surface area contributed by atoms with Crippen LogP contribution >= 0.6 is 34.8 Å². The Kier molecular flexibility index (Phi) is 7.70. The van der Waals surface area contributed by atoms with Crippen LogP contribution in [-0.4, -0.2) is 21.6 Å². The van der Waals surface area contributed by atoms with Crippen molar-refractivity contribution in [1.29, 1.82) is 0 Å². The van der Waals surface area contributed by atoms with Crippen molar-refractivity contribution < 1.29 is 23.2 Å². The van der Waals surface area contributed by atoms with Crippen LogP contribution in [0.25, 0.3) is 0 Å². The number of aryl methyl sites for hydroxylation is 1. The Bertz CT molecular complexity index is 1320. The first-order valence-electron chi connectivity index (χ1n) is 10.4. The molecular weight excluding hydrogens is 519 g/mol. The van der Waals surface area contributed by atoms with Crippen molar-refractivity contribution in [2.75, 3.05) is 5.32 Å². The second kappa shape index (κ2) is 10.9. The van der Waals surface area contributed by atoms with E-state index >= 15 is 0 Å². The lowest BCUT2D eigenvalue weighted by Gasteiger charge is -2.09. The highest BCUT2D eigenvalue weighted by Gasteiger charge is 2.21. The lowest BCUT2D eigenvalue weighted by atomic mass is 10.3. The molecular formula is C23H19Cl3N4O5. The summed E-state index contributed by atoms with van der Waals surface area (Å²) in [6.45, 7) is 2.53. The Morgan fingerprint density at radius 3 is 2.54 bits per heavy atom. The summed E-state index contributed by atoms with van der Waals surface area (Å²) in [5.74, 6) is 0.187. The molecule has 4 aromatic rings. The van der Waals surface area contributed by atoms with E-state index in [1.54, 1.807) is 29.1 Å². The molecule has 35 heavy (non-hydrogen) atoms. The van der Waals surface area contributed by atoms with Crippen LogP contribution < -0.4 is 15.4 Å². The second-order valence-corrected chi connectivity index (χ2v) is 8.47. The van der Waals surface area contributed by atoms with Gasteiger partial charge in [-0.05, 0) is 43.3 Å². The monoisotopic (exact) mass is 536 g/mol. The van der Waals surface area contributed by atoms with Gasteiger partial charge in [-0.15, -0.1) is 0 Å². The Hall–Kier alpha value is -3.40. The van der Waals surface area contributed by atoms with Gasteiger partial charge in [-0.2, -0.15) is 5.10 Å². The molecule has 182 valence electrons. The minimum atomic E-state index is -0.561. The summed E-state index contributed by atoms with van der Waals surface area (Å²) >= 11 is 18.1. The maximum absolute atomic E-state index is 12.8. The van der Waals surface area contributed by atoms with Crippen LogP contribution in [0, 0.1) is 0 Å². The van der Waals surface area contributed by atoms with Gasteiger partial charge in [0.15, 0.2) is 17.2 Å². The van der Waals surface area contributed by atoms with Gasteiger partial charge in [-0.3, -0.25) is 14.3 Å². The van der Waals surface area contributed by atoms with Crippen LogP contribution in [0.1, 0.15) is 39.5 Å². The number of hydrogen-bond donors (Lipinski definition) is 2. The number of aromatic nitrogens is 2. The van der Waals surface area contributed by atoms with Crippen molar-refractivity contribution in [1.82, 2.24) is 15.1 Å². The molecule has 9 nitrogen and oxygen atoms in total. The van der Waals surface area contributed by atoms with E-state index in [2.05, 4.69) is 15.7 Å². The van der Waals surface area contributed by atoms with Crippen LogP contribution in [0.15, 0.2) is 57.7 Å². The van der Waals surface area contributed by atoms with E-state index in [-0.39, 0.29) is 46.1 Å². The number of hydrogen-bond acceptors (Lipinski definition) is 6. The Labute approximate surface area is 214 Å². The van der Waals surface area contributed by atoms with E-state index in [0.717, 1.165) is 0 Å². The summed E-state index contributed by atoms with van der Waals surface area (Å²) in [5, 5.41) is 10.5. The Balaban J connectivity index is 1.42. The molecule has 2 N–H and O–H groups in total. The average molecular weight is 538 g/mol. The SMILES string of the molecule is CCn1cc(NC(=O)c2ccc(COc3c(Cl)cc(Cl)cc3Cl)o2)c(C(=O)NCc2ccco2)n1. The third-order valence-corrected chi connectivity index (χ3v) is 5.54. The second-order valence-electron chi connectivity index (χ2n) is 7.22. The maximum atomic E-state index is 12.8. The molecule has 0 saturated carbocycles. The maximum Gasteiger partial charge on any atom is 0.291 e. The highest BCUT2D eigenvalue weighted by atomic mass is 35.5. The number of rotatable bonds is 9. The third kappa shape index (κ3) is 6.00. The van der Waals surface area contributed by atoms with Crippen molar-refractivity contribution in [3.05, 3.63) is 86.9 Å². The van der Waals surface area contributed by atoms with Gasteiger partial charge in [0.1, 0.15) is 18.1 Å². The van der Waals surface area contributed by atoms with Crippen LogP contribution in [0.4, 0.5) is 5.69 Å². The van der Waals surface area contributed by atoms with E-state index in [0.29, 0.717) is 23.1 Å². The van der Waals surface area contributed by atoms with E-state index < -0.39 is 11.8 Å². The van der Waals surface area contributed by atoms with Gasteiger partial charge in [0.05, 0.1) is 28.5 Å². The van der Waals surface area contributed by atoms with E-state index in [9.17, 15) is 9.59 Å². The predicted molar refractivity (Wildman–Crippen MR) is 130 cm³/mol. The molecule has 2 amide bonds. The summed E-state index contributed by atoms with van der Waals surface area (Å²) < 4.78 is 18.0. The molecule has 0 radical (unpaired) electrons. The molecule has 1 aromatic carbocycles. The molecule has 12 heteroatoms. The number of nitrogens with zero attached hydrogens (tertiary/aromatic N) is 2. The molecule has 4 rings (SSSR count). The van der Waals surface area contributed by atoms with Crippen LogP contribution in [0.3, 0.4) is 0 Å². The molecule has 3 aromatic heterocycles. The number of halogens is 3. The number of anilines is 1. The number of furan rings is 2. The Morgan fingerprint density at radius 2 is 1.86 bits per heavy atom. The van der Waals surface area contributed by atoms with Gasteiger partial charge in [0.2, 0.25) is 0 Å². The van der Waals surface area contributed by atoms with Gasteiger partial charge in [-0.1, -0.05) is 34.8 Å². The topological polar surface area (TPSA) is 112 Å². The van der Waals surface area contributed by atoms with Gasteiger partial charge in [0.25, 0.3) is 11.8 Å². The summed E-state index contributed by atoms with van der Waals surface area (Å²) in [6.07, 6.45) is 3.08. The molecule has 0 aliphatic heterocycles. The summed E-state index contributed by atoms with van der Waals surface area (Å²) in [4.78, 5) is 25.4. The number of amides is 2. The number of carbonyl (C=O) groups excluding carboxylic acids is 2. The van der Waals surface area contributed by atoms with E-state index in [1.807, 2.05) is 6.92 Å². The van der Waals surface area contributed by atoms with E-state index in [1.165, 1.54) is 24.5 Å². The van der Waals surface area contributed by atoms with Crippen molar-refractivity contribution in [3.8, 4) is 5.75 Å². The lowest BCUT2D eigenvalue weighted by molar-refractivity contribution is 0.0943. The fraction of sp³-hybridized carbons (Fsp3) is 0.174. The molecule has 0 bridgehead atoms. The number of carbonyl (C=O) groups is 2. The summed E-state index contributed by atoms with van der Waals surface area (Å²) in [6, 6.07) is 9.54. The van der Waals surface area contributed by atoms with Crippen molar-refractivity contribution in [2.45, 2.75) is 26.6 Å². The van der Waals surface area contributed by atoms with Crippen molar-refractivity contribution in [2.24, 2.45) is 0 Å². The van der Waals surface area contributed by atoms with Crippen LogP contribution in [0.5, 0.6) is 5.75 Å². The zero-order chi connectivity index (χ0) is 24.9. The molecule has 0 spiro atoms. The minimum Gasteiger partial charge on any atom is -0.483 e. The largest absolute Gasteiger partial charge is 0.483 e. The van der Waals surface area contributed by atoms with Gasteiger partial charge in [0, 0.05) is 17.8 Å². The van der Waals surface area contributed by atoms with Gasteiger partial charge >= 0.3 is 0 Å². The first-order valence-corrected chi connectivity index (χ1v) is 11.5. The quantitative estimate of drug-likeness (QED) is 0.279. The van der Waals surface area contributed by atoms with Crippen LogP contribution in [0.2, 0.25) is 15.1 Å².